The summed E-state index contributed by atoms with van der Waals surface area (Å²) in [6.07, 6.45) is 6.63. The van der Waals surface area contributed by atoms with E-state index in [1.807, 2.05) is 60.3 Å². The van der Waals surface area contributed by atoms with Crippen molar-refractivity contribution < 1.29 is 28.8 Å². The molecule has 0 aliphatic rings. The highest BCUT2D eigenvalue weighted by Crippen LogP contribution is 2.30. The minimum absolute atomic E-state index is 0.0802. The van der Waals surface area contributed by atoms with Gasteiger partial charge in [-0.3, -0.25) is 0 Å². The predicted octanol–water partition coefficient (Wildman–Crippen LogP) is 6.32. The smallest absolute Gasteiger partial charge is 0.369 e. The molecular formula is C60H65BrClFN20O8. The summed E-state index contributed by atoms with van der Waals surface area (Å²) >= 11 is 9.79. The van der Waals surface area contributed by atoms with Gasteiger partial charge >= 0.3 is 22.8 Å². The van der Waals surface area contributed by atoms with Crippen LogP contribution in [0.2, 0.25) is 5.02 Å². The standard InChI is InChI=1S/C15H16BrN5O2.C15H16ClN5O2.C15H16FN5O2.C15H17N5O2/c3*1-10-6-4-5-7-13(10)23-9-11-12(16)8-19(2)14(11)21-15(22)20(3)17-18-21;1-11-6-4-5-7-13(11)22-10-12-8-9-18(2)14(12)20-15(21)19(3)16-17-20/h3*4-8H,9H2,1-3H3;4-9H,10H2,1-3H3/i4*4T. The first-order chi connectivity index (χ1) is 45.1. The Morgan fingerprint density at radius 2 is 0.758 bits per heavy atom. The number of nitrogens with zero attached hydrogens (tertiary/aromatic N) is 20. The van der Waals surface area contributed by atoms with Crippen LogP contribution in [0.1, 0.15) is 50.0 Å². The Labute approximate surface area is 537 Å². The summed E-state index contributed by atoms with van der Waals surface area (Å²) in [5, 5.41) is 30.7. The van der Waals surface area contributed by atoms with Gasteiger partial charge in [-0.2, -0.15) is 18.7 Å². The highest BCUT2D eigenvalue weighted by molar-refractivity contribution is 9.10. The number of halogens is 3. The molecule has 0 aliphatic heterocycles. The molecule has 28 nitrogen and oxygen atoms in total. The number of aryl methyl sites for hydroxylation is 12. The van der Waals surface area contributed by atoms with Crippen molar-refractivity contribution in [1.29, 1.82) is 0 Å². The lowest BCUT2D eigenvalue weighted by molar-refractivity contribution is 0.297. The van der Waals surface area contributed by atoms with Gasteiger partial charge in [0.05, 0.1) is 21.6 Å². The number of ether oxygens (including phenoxy) is 4. The quantitative estimate of drug-likeness (QED) is 0.102. The van der Waals surface area contributed by atoms with Gasteiger partial charge in [0, 0.05) is 96.8 Å². The second-order valence-corrected chi connectivity index (χ2v) is 21.8. The molecule has 0 unspecified atom stereocenters. The van der Waals surface area contributed by atoms with E-state index in [1.165, 1.54) is 48.3 Å². The van der Waals surface area contributed by atoms with Gasteiger partial charge in [-0.25, -0.2) is 23.6 Å². The van der Waals surface area contributed by atoms with E-state index < -0.39 is 11.5 Å². The van der Waals surface area contributed by atoms with Crippen molar-refractivity contribution >= 4 is 27.5 Å². The van der Waals surface area contributed by atoms with Gasteiger partial charge in [-0.05, 0) is 138 Å². The molecule has 0 atom stereocenters. The molecule has 8 aromatic heterocycles. The van der Waals surface area contributed by atoms with Crippen LogP contribution in [0.15, 0.2) is 151 Å². The number of hydrogen-bond donors (Lipinski definition) is 0. The van der Waals surface area contributed by atoms with E-state index in [2.05, 4.69) is 57.6 Å². The SMILES string of the molecule is [3H]c1ccc(OCc2c(Br)cn(C)c2-n2nnn(C)c2=O)c(C)c1.[3H]c1ccc(OCc2c(Cl)cn(C)c2-n2nnn(C)c2=O)c(C)c1.[3H]c1ccc(OCc2c(F)cn(C)c2-n2nnn(C)c2=O)c(C)c1.[3H]c1ccc(OCc2ccn(C)c2-n2nnn(C)c2=O)c(C)c1. The molecule has 12 aromatic rings. The van der Waals surface area contributed by atoms with Crippen molar-refractivity contribution in [3.05, 3.63) is 230 Å². The van der Waals surface area contributed by atoms with Crippen LogP contribution in [0.3, 0.4) is 0 Å². The van der Waals surface area contributed by atoms with E-state index >= 15 is 0 Å². The number of hydrogen-bond acceptors (Lipinski definition) is 16. The maximum atomic E-state index is 14.3. The third-order valence-corrected chi connectivity index (χ3v) is 15.0. The Bertz CT molecular complexity index is 4660. The van der Waals surface area contributed by atoms with Gasteiger partial charge in [0.25, 0.3) is 0 Å². The molecule has 0 spiro atoms. The number of benzene rings is 4. The molecule has 0 radical (unpaired) electrons. The fourth-order valence-electron chi connectivity index (χ4n) is 9.13. The van der Waals surface area contributed by atoms with E-state index in [9.17, 15) is 23.6 Å². The fraction of sp³-hybridized carbons (Fsp3) is 0.267. The zero-order chi connectivity index (χ0) is 68.9. The number of para-hydroxylation sites is 4. The average Bonchev–Trinajstić information content (AvgIpc) is 1.68. The maximum absolute atomic E-state index is 14.3. The molecule has 474 valence electrons. The lowest BCUT2D eigenvalue weighted by Crippen LogP contribution is -2.24. The predicted molar refractivity (Wildman–Crippen MR) is 337 cm³/mol. The van der Waals surface area contributed by atoms with Crippen LogP contribution in [0, 0.1) is 33.5 Å². The minimum Gasteiger partial charge on any atom is -0.488 e. The minimum atomic E-state index is -0.500. The second kappa shape index (κ2) is 28.3. The Balaban J connectivity index is 0.000000149. The molecule has 8 heterocycles. The van der Waals surface area contributed by atoms with Gasteiger partial charge in [-0.1, -0.05) is 84.3 Å². The number of aromatic nitrogens is 20. The normalized spacial score (nSPS) is 11.5. The van der Waals surface area contributed by atoms with Crippen molar-refractivity contribution in [2.24, 2.45) is 56.4 Å². The van der Waals surface area contributed by atoms with Gasteiger partial charge in [0.15, 0.2) is 5.82 Å². The van der Waals surface area contributed by atoms with Gasteiger partial charge in [0.1, 0.15) is 72.7 Å². The molecule has 0 saturated carbocycles. The monoisotopic (exact) mass is 1330 g/mol. The van der Waals surface area contributed by atoms with Crippen molar-refractivity contribution in [2.75, 3.05) is 0 Å². The van der Waals surface area contributed by atoms with Crippen LogP contribution in [0.25, 0.3) is 23.3 Å². The van der Waals surface area contributed by atoms with Crippen LogP contribution < -0.4 is 41.7 Å². The molecule has 0 N–H and O–H groups in total. The largest absolute Gasteiger partial charge is 0.488 e. The van der Waals surface area contributed by atoms with Gasteiger partial charge in [0.2, 0.25) is 0 Å². The lowest BCUT2D eigenvalue weighted by atomic mass is 10.2. The van der Waals surface area contributed by atoms with Crippen LogP contribution >= 0.6 is 27.5 Å². The molecule has 0 fully saturated rings. The third kappa shape index (κ3) is 14.3. The van der Waals surface area contributed by atoms with E-state index in [0.29, 0.717) is 75.2 Å². The van der Waals surface area contributed by atoms with E-state index in [-0.39, 0.29) is 54.9 Å². The molecule has 0 amide bonds. The zero-order valence-electron chi connectivity index (χ0n) is 55.5. The first kappa shape index (κ1) is 59.3. The topological polar surface area (TPSA) is 267 Å². The summed E-state index contributed by atoms with van der Waals surface area (Å²) in [5.41, 5.74) is 4.35. The van der Waals surface area contributed by atoms with Crippen LogP contribution in [0.4, 0.5) is 4.39 Å². The molecule has 0 saturated heterocycles. The Morgan fingerprint density at radius 3 is 1.14 bits per heavy atom. The highest BCUT2D eigenvalue weighted by Gasteiger charge is 2.24. The first-order valence-corrected chi connectivity index (χ1v) is 28.7. The Kier molecular flexibility index (Phi) is 18.4. The maximum Gasteiger partial charge on any atom is 0.369 e. The molecule has 31 heteroatoms. The molecule has 4 aromatic carbocycles. The zero-order valence-corrected chi connectivity index (χ0v) is 53.8. The average molecular weight is 1340 g/mol. The molecule has 91 heavy (non-hydrogen) atoms. The van der Waals surface area contributed by atoms with Gasteiger partial charge in [-0.15, -0.1) is 18.7 Å². The summed E-state index contributed by atoms with van der Waals surface area (Å²) < 4.78 is 84.7. The molecule has 12 rings (SSSR count). The summed E-state index contributed by atoms with van der Waals surface area (Å²) in [6.45, 7) is 8.08. The lowest BCUT2D eigenvalue weighted by Gasteiger charge is -2.10. The van der Waals surface area contributed by atoms with Crippen molar-refractivity contribution in [3.63, 3.8) is 0 Å². The summed E-state index contributed by atoms with van der Waals surface area (Å²) in [5.74, 6) is 4.09. The Morgan fingerprint density at radius 1 is 0.429 bits per heavy atom. The van der Waals surface area contributed by atoms with Crippen molar-refractivity contribution in [2.45, 2.75) is 54.1 Å². The van der Waals surface area contributed by atoms with Crippen LogP contribution in [-0.4, -0.2) is 97.4 Å². The van der Waals surface area contributed by atoms with E-state index in [0.717, 1.165) is 51.9 Å². The summed E-state index contributed by atoms with van der Waals surface area (Å²) in [4.78, 5) is 48.4. The molecule has 0 aliphatic carbocycles. The highest BCUT2D eigenvalue weighted by atomic mass is 79.9. The van der Waals surface area contributed by atoms with Crippen molar-refractivity contribution in [1.82, 2.24) is 97.4 Å². The van der Waals surface area contributed by atoms with E-state index in [4.69, 9.17) is 36.0 Å². The molecular weight excluding hydrogens is 1260 g/mol. The number of rotatable bonds is 16. The third-order valence-electron chi connectivity index (χ3n) is 14.0. The first-order valence-electron chi connectivity index (χ1n) is 29.5. The number of tetrazole rings is 4. The van der Waals surface area contributed by atoms with Crippen LogP contribution in [0.5, 0.6) is 23.0 Å². The molecule has 0 bridgehead atoms. The summed E-state index contributed by atoms with van der Waals surface area (Å²) in [7, 11) is 13.1. The Hall–Kier alpha value is -10.6. The van der Waals surface area contributed by atoms with Crippen LogP contribution in [-0.2, 0) is 82.8 Å². The fourth-order valence-corrected chi connectivity index (χ4v) is 10.0. The van der Waals surface area contributed by atoms with E-state index in [1.54, 1.807) is 121 Å². The van der Waals surface area contributed by atoms with Gasteiger partial charge < -0.3 is 37.2 Å². The summed E-state index contributed by atoms with van der Waals surface area (Å²) in [6, 6.07) is 24.0. The second-order valence-electron chi connectivity index (χ2n) is 20.6. The van der Waals surface area contributed by atoms with Crippen molar-refractivity contribution in [3.8, 4) is 46.3 Å².